The molecule has 2 fully saturated rings. The van der Waals surface area contributed by atoms with Crippen LogP contribution in [0.2, 0.25) is 0 Å². The van der Waals surface area contributed by atoms with Gasteiger partial charge in [0.2, 0.25) is 0 Å². The van der Waals surface area contributed by atoms with E-state index in [0.717, 1.165) is 18.3 Å². The van der Waals surface area contributed by atoms with Gasteiger partial charge < -0.3 is 10.6 Å². The number of benzene rings is 2. The monoisotopic (exact) mass is 476 g/mol. The Morgan fingerprint density at radius 1 is 0.600 bits per heavy atom. The predicted octanol–water partition coefficient (Wildman–Crippen LogP) is 9.56. The third-order valence-corrected chi connectivity index (χ3v) is 7.83. The third kappa shape index (κ3) is 8.58. The summed E-state index contributed by atoms with van der Waals surface area (Å²) in [7, 11) is 0. The average molecular weight is 477 g/mol. The molecule has 0 radical (unpaired) electrons. The minimum atomic E-state index is 0.446. The molecular weight excluding hydrogens is 424 g/mol. The lowest BCUT2D eigenvalue weighted by atomic mass is 9.70. The van der Waals surface area contributed by atoms with Crippen molar-refractivity contribution in [1.82, 2.24) is 0 Å². The van der Waals surface area contributed by atoms with Gasteiger partial charge in [-0.3, -0.25) is 0 Å². The number of nitrogens with one attached hydrogen (secondary N) is 2. The summed E-state index contributed by atoms with van der Waals surface area (Å²) in [6, 6.07) is 19.4. The van der Waals surface area contributed by atoms with E-state index in [1.807, 2.05) is 13.8 Å². The summed E-state index contributed by atoms with van der Waals surface area (Å²) in [4.78, 5) is 0. The van der Waals surface area contributed by atoms with Crippen molar-refractivity contribution in [3.05, 3.63) is 59.7 Å². The molecule has 4 rings (SSSR count). The second-order valence-electron chi connectivity index (χ2n) is 13.1. The van der Waals surface area contributed by atoms with E-state index in [2.05, 4.69) is 101 Å². The Morgan fingerprint density at radius 3 is 1.26 bits per heavy atom. The molecule has 2 aliphatic rings. The van der Waals surface area contributed by atoms with Gasteiger partial charge in [0.15, 0.2) is 0 Å². The topological polar surface area (TPSA) is 24.1 Å². The molecule has 0 heterocycles. The van der Waals surface area contributed by atoms with Crippen molar-refractivity contribution in [2.45, 2.75) is 112 Å². The average Bonchev–Trinajstić information content (AvgIpc) is 2.75. The molecule has 0 spiro atoms. The van der Waals surface area contributed by atoms with E-state index < -0.39 is 0 Å². The van der Waals surface area contributed by atoms with Crippen molar-refractivity contribution in [2.75, 3.05) is 10.6 Å². The van der Waals surface area contributed by atoms with Crippen LogP contribution in [0.15, 0.2) is 48.5 Å². The normalized spacial score (nSPS) is 27.3. The van der Waals surface area contributed by atoms with Crippen LogP contribution in [-0.2, 0) is 6.42 Å². The first-order valence-corrected chi connectivity index (χ1v) is 14.3. The molecule has 35 heavy (non-hydrogen) atoms. The number of hydrogen-bond acceptors (Lipinski definition) is 2. The van der Waals surface area contributed by atoms with E-state index in [0.29, 0.717) is 22.9 Å². The van der Waals surface area contributed by atoms with Crippen LogP contribution >= 0.6 is 0 Å². The van der Waals surface area contributed by atoms with E-state index in [9.17, 15) is 0 Å². The summed E-state index contributed by atoms with van der Waals surface area (Å²) in [5, 5.41) is 7.61. The summed E-state index contributed by atoms with van der Waals surface area (Å²) >= 11 is 0. The maximum Gasteiger partial charge on any atom is 0.0342 e. The first-order valence-electron chi connectivity index (χ1n) is 14.3. The summed E-state index contributed by atoms with van der Waals surface area (Å²) in [5.74, 6) is 1.60. The quantitative estimate of drug-likeness (QED) is 0.433. The predicted molar refractivity (Wildman–Crippen MR) is 155 cm³/mol. The van der Waals surface area contributed by atoms with E-state index in [4.69, 9.17) is 0 Å². The lowest BCUT2D eigenvalue weighted by Gasteiger charge is -2.39. The fourth-order valence-corrected chi connectivity index (χ4v) is 7.06. The van der Waals surface area contributed by atoms with Crippen molar-refractivity contribution in [3.63, 3.8) is 0 Å². The van der Waals surface area contributed by atoms with Gasteiger partial charge >= 0.3 is 0 Å². The SMILES string of the molecule is CC.CC1CC(Nc2ccc(Cc3ccc(NC4CC(C)CC(C)(C)C4)cc3)cc2)CC(C)(C)C1. The molecular formula is C33H52N2. The van der Waals surface area contributed by atoms with Crippen LogP contribution in [0.1, 0.15) is 105 Å². The minimum Gasteiger partial charge on any atom is -0.382 e. The van der Waals surface area contributed by atoms with Crippen LogP contribution < -0.4 is 10.6 Å². The first kappa shape index (κ1) is 27.6. The van der Waals surface area contributed by atoms with E-state index >= 15 is 0 Å². The van der Waals surface area contributed by atoms with Crippen LogP contribution in [0, 0.1) is 22.7 Å². The zero-order chi connectivity index (χ0) is 25.6. The Balaban J connectivity index is 0.00000167. The van der Waals surface area contributed by atoms with Crippen LogP contribution in [0.5, 0.6) is 0 Å². The molecule has 4 atom stereocenters. The van der Waals surface area contributed by atoms with Crippen LogP contribution in [0.25, 0.3) is 0 Å². The second-order valence-corrected chi connectivity index (χ2v) is 13.1. The highest BCUT2D eigenvalue weighted by molar-refractivity contribution is 5.48. The van der Waals surface area contributed by atoms with Crippen molar-refractivity contribution in [3.8, 4) is 0 Å². The van der Waals surface area contributed by atoms with Crippen molar-refractivity contribution in [1.29, 1.82) is 0 Å². The van der Waals surface area contributed by atoms with Crippen molar-refractivity contribution >= 4 is 11.4 Å². The first-order chi connectivity index (χ1) is 16.6. The number of anilines is 2. The molecule has 2 saturated carbocycles. The van der Waals surface area contributed by atoms with Gasteiger partial charge in [0.05, 0.1) is 0 Å². The van der Waals surface area contributed by atoms with Gasteiger partial charge in [0, 0.05) is 23.5 Å². The largest absolute Gasteiger partial charge is 0.382 e. The highest BCUT2D eigenvalue weighted by atomic mass is 14.9. The fourth-order valence-electron chi connectivity index (χ4n) is 7.06. The molecule has 2 nitrogen and oxygen atoms in total. The molecule has 2 aromatic rings. The van der Waals surface area contributed by atoms with Gasteiger partial charge in [-0.15, -0.1) is 0 Å². The Bertz CT molecular complexity index is 818. The Morgan fingerprint density at radius 2 is 0.943 bits per heavy atom. The molecule has 2 heteroatoms. The Kier molecular flexibility index (Phi) is 9.35. The molecule has 2 N–H and O–H groups in total. The lowest BCUT2D eigenvalue weighted by molar-refractivity contribution is 0.177. The van der Waals surface area contributed by atoms with Gasteiger partial charge in [0.1, 0.15) is 0 Å². The summed E-state index contributed by atoms with van der Waals surface area (Å²) in [6.07, 6.45) is 8.76. The van der Waals surface area contributed by atoms with Gasteiger partial charge in [0.25, 0.3) is 0 Å². The molecule has 2 aliphatic carbocycles. The molecule has 0 saturated heterocycles. The molecule has 0 aliphatic heterocycles. The van der Waals surface area contributed by atoms with Gasteiger partial charge in [-0.1, -0.05) is 79.7 Å². The third-order valence-electron chi connectivity index (χ3n) is 7.83. The fraction of sp³-hybridized carbons (Fsp3) is 0.636. The number of hydrogen-bond donors (Lipinski definition) is 2. The molecule has 0 bridgehead atoms. The smallest absolute Gasteiger partial charge is 0.0342 e. The maximum absolute atomic E-state index is 3.80. The molecule has 2 aromatic carbocycles. The zero-order valence-corrected chi connectivity index (χ0v) is 23.9. The van der Waals surface area contributed by atoms with Gasteiger partial charge in [-0.05, 0) is 103 Å². The zero-order valence-electron chi connectivity index (χ0n) is 23.9. The van der Waals surface area contributed by atoms with Crippen LogP contribution in [0.3, 0.4) is 0 Å². The number of rotatable bonds is 6. The summed E-state index contributed by atoms with van der Waals surface area (Å²) < 4.78 is 0. The van der Waals surface area contributed by atoms with E-state index in [1.54, 1.807) is 0 Å². The molecule has 194 valence electrons. The van der Waals surface area contributed by atoms with Gasteiger partial charge in [-0.2, -0.15) is 0 Å². The lowest BCUT2D eigenvalue weighted by Crippen LogP contribution is -2.35. The minimum absolute atomic E-state index is 0.446. The highest BCUT2D eigenvalue weighted by Crippen LogP contribution is 2.40. The second kappa shape index (κ2) is 11.8. The van der Waals surface area contributed by atoms with E-state index in [-0.39, 0.29) is 0 Å². The van der Waals surface area contributed by atoms with E-state index in [1.165, 1.54) is 61.0 Å². The molecule has 4 unspecified atom stereocenters. The Labute approximate surface area is 216 Å². The maximum atomic E-state index is 3.80. The Hall–Kier alpha value is -1.96. The summed E-state index contributed by atoms with van der Waals surface area (Å²) in [5.41, 5.74) is 6.17. The van der Waals surface area contributed by atoms with Crippen LogP contribution in [-0.4, -0.2) is 12.1 Å². The van der Waals surface area contributed by atoms with Crippen LogP contribution in [0.4, 0.5) is 11.4 Å². The molecule has 0 amide bonds. The van der Waals surface area contributed by atoms with Crippen molar-refractivity contribution in [2.24, 2.45) is 22.7 Å². The van der Waals surface area contributed by atoms with Gasteiger partial charge in [-0.25, -0.2) is 0 Å². The highest BCUT2D eigenvalue weighted by Gasteiger charge is 2.32. The standard InChI is InChI=1S/C31H46N2.C2H6/c1-22-15-28(20-30(3,4)18-22)32-26-11-7-24(8-12-26)17-25-9-13-27(14-10-25)33-29-16-23(2)19-31(5,6)21-29;1-2/h7-14,22-23,28-29,32-33H,15-21H2,1-6H3;1-2H3. The summed E-state index contributed by atoms with van der Waals surface area (Å²) in [6.45, 7) is 18.5. The molecule has 0 aromatic heterocycles. The van der Waals surface area contributed by atoms with Crippen molar-refractivity contribution < 1.29 is 0 Å².